The van der Waals surface area contributed by atoms with Crippen LogP contribution in [0.1, 0.15) is 51.0 Å². The standard InChI is InChI=1S/C14H20ClN3/c1-2-3-4-5-6-7-8-17-14-10-12(11-16)9-13(15)18-14/h9-10H,2-8H2,1H3,(H,17,18). The molecular formula is C14H20ClN3. The molecule has 0 atom stereocenters. The third kappa shape index (κ3) is 5.88. The third-order valence-corrected chi connectivity index (χ3v) is 2.95. The first-order valence-corrected chi connectivity index (χ1v) is 6.95. The van der Waals surface area contributed by atoms with Crippen molar-refractivity contribution in [1.82, 2.24) is 4.98 Å². The summed E-state index contributed by atoms with van der Waals surface area (Å²) in [7, 11) is 0. The summed E-state index contributed by atoms with van der Waals surface area (Å²) in [6, 6.07) is 5.36. The molecule has 98 valence electrons. The fourth-order valence-corrected chi connectivity index (χ4v) is 1.98. The van der Waals surface area contributed by atoms with Crippen molar-refractivity contribution in [3.63, 3.8) is 0 Å². The molecule has 0 saturated carbocycles. The lowest BCUT2D eigenvalue weighted by molar-refractivity contribution is 0.617. The summed E-state index contributed by atoms with van der Waals surface area (Å²) in [5.41, 5.74) is 0.542. The normalized spacial score (nSPS) is 10.1. The molecule has 0 aliphatic heterocycles. The number of unbranched alkanes of at least 4 members (excludes halogenated alkanes) is 5. The van der Waals surface area contributed by atoms with E-state index in [0.29, 0.717) is 16.5 Å². The molecule has 0 spiro atoms. The van der Waals surface area contributed by atoms with Crippen molar-refractivity contribution in [3.8, 4) is 6.07 Å². The number of nitrogens with one attached hydrogen (secondary N) is 1. The van der Waals surface area contributed by atoms with E-state index in [0.717, 1.165) is 13.0 Å². The summed E-state index contributed by atoms with van der Waals surface area (Å²) in [6.45, 7) is 3.10. The van der Waals surface area contributed by atoms with E-state index in [1.54, 1.807) is 12.1 Å². The van der Waals surface area contributed by atoms with E-state index < -0.39 is 0 Å². The molecule has 0 radical (unpaired) electrons. The Morgan fingerprint density at radius 1 is 1.22 bits per heavy atom. The van der Waals surface area contributed by atoms with Crippen LogP contribution in [0, 0.1) is 11.3 Å². The second-order valence-corrected chi connectivity index (χ2v) is 4.76. The number of pyridine rings is 1. The van der Waals surface area contributed by atoms with Crippen molar-refractivity contribution < 1.29 is 0 Å². The molecule has 0 unspecified atom stereocenters. The third-order valence-electron chi connectivity index (χ3n) is 2.76. The monoisotopic (exact) mass is 265 g/mol. The highest BCUT2D eigenvalue weighted by Crippen LogP contribution is 2.14. The van der Waals surface area contributed by atoms with Crippen LogP contribution >= 0.6 is 11.6 Å². The summed E-state index contributed by atoms with van der Waals surface area (Å²) < 4.78 is 0. The smallest absolute Gasteiger partial charge is 0.132 e. The van der Waals surface area contributed by atoms with Gasteiger partial charge in [-0.3, -0.25) is 0 Å². The van der Waals surface area contributed by atoms with Gasteiger partial charge < -0.3 is 5.32 Å². The van der Waals surface area contributed by atoms with Crippen LogP contribution in [0.3, 0.4) is 0 Å². The van der Waals surface area contributed by atoms with Gasteiger partial charge >= 0.3 is 0 Å². The summed E-state index contributed by atoms with van der Waals surface area (Å²) in [5.74, 6) is 0.688. The van der Waals surface area contributed by atoms with E-state index in [9.17, 15) is 0 Å². The molecule has 0 aliphatic carbocycles. The lowest BCUT2D eigenvalue weighted by atomic mass is 10.1. The van der Waals surface area contributed by atoms with Gasteiger partial charge in [0.25, 0.3) is 0 Å². The minimum atomic E-state index is 0.361. The zero-order valence-electron chi connectivity index (χ0n) is 10.9. The average molecular weight is 266 g/mol. The van der Waals surface area contributed by atoms with Crippen LogP contribution in [-0.4, -0.2) is 11.5 Å². The molecule has 1 heterocycles. The first-order chi connectivity index (χ1) is 8.76. The zero-order valence-corrected chi connectivity index (χ0v) is 11.6. The first-order valence-electron chi connectivity index (χ1n) is 6.58. The zero-order chi connectivity index (χ0) is 13.2. The number of anilines is 1. The molecule has 1 aromatic heterocycles. The van der Waals surface area contributed by atoms with Crippen LogP contribution in [0.15, 0.2) is 12.1 Å². The van der Waals surface area contributed by atoms with Gasteiger partial charge in [0, 0.05) is 6.54 Å². The quantitative estimate of drug-likeness (QED) is 0.561. The predicted octanol–water partition coefficient (Wildman–Crippen LogP) is 4.38. The molecule has 0 amide bonds. The SMILES string of the molecule is CCCCCCCCNc1cc(C#N)cc(Cl)n1. The highest BCUT2D eigenvalue weighted by atomic mass is 35.5. The number of rotatable bonds is 8. The van der Waals surface area contributed by atoms with Gasteiger partial charge in [-0.15, -0.1) is 0 Å². The molecule has 1 N–H and O–H groups in total. The minimum absolute atomic E-state index is 0.361. The van der Waals surface area contributed by atoms with Crippen molar-refractivity contribution in [2.45, 2.75) is 45.4 Å². The van der Waals surface area contributed by atoms with E-state index >= 15 is 0 Å². The first kappa shape index (κ1) is 14.8. The van der Waals surface area contributed by atoms with Crippen LogP contribution in [0.4, 0.5) is 5.82 Å². The Kier molecular flexibility index (Phi) is 7.20. The maximum atomic E-state index is 8.81. The Labute approximate surface area is 114 Å². The van der Waals surface area contributed by atoms with Crippen LogP contribution < -0.4 is 5.32 Å². The van der Waals surface area contributed by atoms with Gasteiger partial charge in [-0.2, -0.15) is 5.26 Å². The van der Waals surface area contributed by atoms with Gasteiger partial charge in [-0.1, -0.05) is 50.6 Å². The number of nitrogens with zero attached hydrogens (tertiary/aromatic N) is 2. The average Bonchev–Trinajstić information content (AvgIpc) is 2.37. The predicted molar refractivity (Wildman–Crippen MR) is 75.8 cm³/mol. The number of halogens is 1. The number of hydrogen-bond donors (Lipinski definition) is 1. The van der Waals surface area contributed by atoms with Crippen molar-refractivity contribution in [3.05, 3.63) is 22.8 Å². The molecule has 18 heavy (non-hydrogen) atoms. The topological polar surface area (TPSA) is 48.7 Å². The summed E-state index contributed by atoms with van der Waals surface area (Å²) in [4.78, 5) is 4.13. The maximum absolute atomic E-state index is 8.81. The molecule has 0 fully saturated rings. The fourth-order valence-electron chi connectivity index (χ4n) is 1.77. The van der Waals surface area contributed by atoms with Crippen LogP contribution in [0.5, 0.6) is 0 Å². The molecule has 1 rings (SSSR count). The van der Waals surface area contributed by atoms with Gasteiger partial charge in [-0.25, -0.2) is 4.98 Å². The Bertz CT molecular complexity index is 399. The Balaban J connectivity index is 2.23. The molecule has 4 heteroatoms. The Hall–Kier alpha value is -1.27. The summed E-state index contributed by atoms with van der Waals surface area (Å²) >= 11 is 5.82. The van der Waals surface area contributed by atoms with E-state index in [4.69, 9.17) is 16.9 Å². The molecule has 0 bridgehead atoms. The van der Waals surface area contributed by atoms with Crippen LogP contribution in [-0.2, 0) is 0 Å². The highest BCUT2D eigenvalue weighted by molar-refractivity contribution is 6.29. The van der Waals surface area contributed by atoms with E-state index in [1.807, 2.05) is 0 Å². The molecule has 1 aromatic rings. The lowest BCUT2D eigenvalue weighted by Gasteiger charge is -2.06. The van der Waals surface area contributed by atoms with Gasteiger partial charge in [0.1, 0.15) is 11.0 Å². The molecule has 0 aliphatic rings. The molecule has 0 aromatic carbocycles. The van der Waals surface area contributed by atoms with Crippen LogP contribution in [0.2, 0.25) is 5.15 Å². The number of hydrogen-bond acceptors (Lipinski definition) is 3. The van der Waals surface area contributed by atoms with E-state index in [-0.39, 0.29) is 0 Å². The van der Waals surface area contributed by atoms with Crippen LogP contribution in [0.25, 0.3) is 0 Å². The maximum Gasteiger partial charge on any atom is 0.132 e. The summed E-state index contributed by atoms with van der Waals surface area (Å²) in [6.07, 6.45) is 7.58. The van der Waals surface area contributed by atoms with Crippen molar-refractivity contribution in [2.24, 2.45) is 0 Å². The Morgan fingerprint density at radius 3 is 2.67 bits per heavy atom. The van der Waals surface area contributed by atoms with Gasteiger partial charge in [0.15, 0.2) is 0 Å². The van der Waals surface area contributed by atoms with Gasteiger partial charge in [-0.05, 0) is 18.6 Å². The van der Waals surface area contributed by atoms with Crippen molar-refractivity contribution >= 4 is 17.4 Å². The van der Waals surface area contributed by atoms with E-state index in [1.165, 1.54) is 32.1 Å². The molecule has 0 saturated heterocycles. The number of aromatic nitrogens is 1. The Morgan fingerprint density at radius 2 is 1.94 bits per heavy atom. The second kappa shape index (κ2) is 8.77. The highest BCUT2D eigenvalue weighted by Gasteiger charge is 2.00. The fraction of sp³-hybridized carbons (Fsp3) is 0.571. The largest absolute Gasteiger partial charge is 0.370 e. The summed E-state index contributed by atoms with van der Waals surface area (Å²) in [5, 5.41) is 12.4. The molecular weight excluding hydrogens is 246 g/mol. The molecule has 3 nitrogen and oxygen atoms in total. The minimum Gasteiger partial charge on any atom is -0.370 e. The van der Waals surface area contributed by atoms with E-state index in [2.05, 4.69) is 23.3 Å². The van der Waals surface area contributed by atoms with Gasteiger partial charge in [0.2, 0.25) is 0 Å². The number of nitriles is 1. The second-order valence-electron chi connectivity index (χ2n) is 4.37. The van der Waals surface area contributed by atoms with Crippen molar-refractivity contribution in [2.75, 3.05) is 11.9 Å². The lowest BCUT2D eigenvalue weighted by Crippen LogP contribution is -2.03. The van der Waals surface area contributed by atoms with Crippen molar-refractivity contribution in [1.29, 1.82) is 5.26 Å². The van der Waals surface area contributed by atoms with Gasteiger partial charge in [0.05, 0.1) is 11.6 Å².